The summed E-state index contributed by atoms with van der Waals surface area (Å²) >= 11 is 0. The number of para-hydroxylation sites is 1. The van der Waals surface area contributed by atoms with Crippen LogP contribution in [0, 0.1) is 0 Å². The van der Waals surface area contributed by atoms with E-state index >= 15 is 0 Å². The number of carboxylic acids is 1. The van der Waals surface area contributed by atoms with Crippen LogP contribution < -0.4 is 4.74 Å². The summed E-state index contributed by atoms with van der Waals surface area (Å²) in [4.78, 5) is 11.0. The third-order valence-electron chi connectivity index (χ3n) is 2.74. The zero-order valence-electron chi connectivity index (χ0n) is 11.0. The highest BCUT2D eigenvalue weighted by Crippen LogP contribution is 2.11. The van der Waals surface area contributed by atoms with Crippen molar-refractivity contribution >= 4 is 5.97 Å². The number of rotatable bonds is 7. The maximum absolute atomic E-state index is 11.0. The van der Waals surface area contributed by atoms with Gasteiger partial charge in [0.25, 0.3) is 0 Å². The first kappa shape index (κ1) is 14.1. The second-order valence-corrected chi connectivity index (χ2v) is 4.18. The fourth-order valence-electron chi connectivity index (χ4n) is 1.77. The van der Waals surface area contributed by atoms with Gasteiger partial charge in [0.2, 0.25) is 0 Å². The first-order valence-electron chi connectivity index (χ1n) is 6.34. The molecule has 0 aliphatic carbocycles. The molecule has 0 amide bonds. The Morgan fingerprint density at radius 2 is 1.65 bits per heavy atom. The Balaban J connectivity index is 1.75. The van der Waals surface area contributed by atoms with Crippen LogP contribution >= 0.6 is 0 Å². The van der Waals surface area contributed by atoms with Gasteiger partial charge in [-0.1, -0.05) is 36.4 Å². The lowest BCUT2D eigenvalue weighted by atomic mass is 10.1. The Kier molecular flexibility index (Phi) is 5.15. The number of carboxylic acid groups (broad SMARTS) is 1. The van der Waals surface area contributed by atoms with Crippen molar-refractivity contribution in [1.29, 1.82) is 0 Å². The first-order valence-corrected chi connectivity index (χ1v) is 6.34. The zero-order valence-corrected chi connectivity index (χ0v) is 11.0. The van der Waals surface area contributed by atoms with Gasteiger partial charge in [0.1, 0.15) is 12.4 Å². The Bertz CT molecular complexity index is 551. The Hall–Kier alpha value is -2.33. The van der Waals surface area contributed by atoms with E-state index in [0.717, 1.165) is 5.75 Å². The summed E-state index contributed by atoms with van der Waals surface area (Å²) in [7, 11) is 0. The molecule has 0 saturated carbocycles. The topological polar surface area (TPSA) is 55.8 Å². The van der Waals surface area contributed by atoms with Crippen molar-refractivity contribution in [3.63, 3.8) is 0 Å². The monoisotopic (exact) mass is 272 g/mol. The number of ether oxygens (including phenoxy) is 2. The van der Waals surface area contributed by atoms with Gasteiger partial charge in [0.15, 0.2) is 0 Å². The fourth-order valence-corrected chi connectivity index (χ4v) is 1.77. The molecule has 0 saturated heterocycles. The SMILES string of the molecule is O=C(O)c1ccccc1COCCOc1ccccc1. The van der Waals surface area contributed by atoms with Crippen molar-refractivity contribution in [1.82, 2.24) is 0 Å². The molecule has 2 aromatic carbocycles. The van der Waals surface area contributed by atoms with E-state index in [2.05, 4.69) is 0 Å². The maximum Gasteiger partial charge on any atom is 0.336 e. The Morgan fingerprint density at radius 3 is 2.40 bits per heavy atom. The van der Waals surface area contributed by atoms with Crippen LogP contribution in [0.2, 0.25) is 0 Å². The molecule has 20 heavy (non-hydrogen) atoms. The summed E-state index contributed by atoms with van der Waals surface area (Å²) in [6.07, 6.45) is 0. The molecule has 1 N–H and O–H groups in total. The van der Waals surface area contributed by atoms with Gasteiger partial charge in [0, 0.05) is 0 Å². The predicted molar refractivity (Wildman–Crippen MR) is 75.0 cm³/mol. The summed E-state index contributed by atoms with van der Waals surface area (Å²) in [6, 6.07) is 16.3. The Morgan fingerprint density at radius 1 is 0.950 bits per heavy atom. The van der Waals surface area contributed by atoms with Crippen molar-refractivity contribution in [2.24, 2.45) is 0 Å². The average molecular weight is 272 g/mol. The third-order valence-corrected chi connectivity index (χ3v) is 2.74. The zero-order chi connectivity index (χ0) is 14.2. The highest BCUT2D eigenvalue weighted by atomic mass is 16.5. The van der Waals surface area contributed by atoms with Gasteiger partial charge < -0.3 is 14.6 Å². The molecular weight excluding hydrogens is 256 g/mol. The summed E-state index contributed by atoms with van der Waals surface area (Å²) in [6.45, 7) is 1.10. The lowest BCUT2D eigenvalue weighted by molar-refractivity contribution is 0.0678. The van der Waals surface area contributed by atoms with Gasteiger partial charge in [-0.15, -0.1) is 0 Å². The van der Waals surface area contributed by atoms with Crippen LogP contribution in [0.4, 0.5) is 0 Å². The summed E-state index contributed by atoms with van der Waals surface area (Å²) in [5.74, 6) is -0.147. The van der Waals surface area contributed by atoms with Crippen molar-refractivity contribution in [3.8, 4) is 5.75 Å². The minimum absolute atomic E-state index is 0.265. The van der Waals surface area contributed by atoms with Crippen LogP contribution in [0.5, 0.6) is 5.75 Å². The molecule has 0 aliphatic rings. The molecule has 0 unspecified atom stereocenters. The van der Waals surface area contributed by atoms with Gasteiger partial charge in [0.05, 0.1) is 18.8 Å². The van der Waals surface area contributed by atoms with E-state index < -0.39 is 5.97 Å². The van der Waals surface area contributed by atoms with E-state index in [-0.39, 0.29) is 12.2 Å². The molecule has 0 atom stereocenters. The molecule has 104 valence electrons. The molecule has 2 rings (SSSR count). The molecular formula is C16H16O4. The summed E-state index contributed by atoms with van der Waals surface area (Å²) < 4.78 is 10.9. The predicted octanol–water partition coefficient (Wildman–Crippen LogP) is 2.98. The molecule has 4 heteroatoms. The molecule has 0 radical (unpaired) electrons. The second-order valence-electron chi connectivity index (χ2n) is 4.18. The first-order chi connectivity index (χ1) is 9.77. The minimum Gasteiger partial charge on any atom is -0.491 e. The van der Waals surface area contributed by atoms with Crippen molar-refractivity contribution < 1.29 is 19.4 Å². The van der Waals surface area contributed by atoms with Crippen LogP contribution in [0.3, 0.4) is 0 Å². The highest BCUT2D eigenvalue weighted by Gasteiger charge is 2.08. The highest BCUT2D eigenvalue weighted by molar-refractivity contribution is 5.89. The lowest BCUT2D eigenvalue weighted by Crippen LogP contribution is -2.09. The number of carbonyl (C=O) groups is 1. The molecule has 0 spiro atoms. The smallest absolute Gasteiger partial charge is 0.336 e. The van der Waals surface area contributed by atoms with Crippen LogP contribution in [0.1, 0.15) is 15.9 Å². The molecule has 2 aromatic rings. The lowest BCUT2D eigenvalue weighted by Gasteiger charge is -2.08. The number of hydrogen-bond donors (Lipinski definition) is 1. The second kappa shape index (κ2) is 7.31. The molecule has 0 aliphatic heterocycles. The standard InChI is InChI=1S/C16H16O4/c17-16(18)15-9-5-4-6-13(15)12-19-10-11-20-14-7-2-1-3-8-14/h1-9H,10-12H2,(H,17,18). The van der Waals surface area contributed by atoms with E-state index in [1.165, 1.54) is 0 Å². The van der Waals surface area contributed by atoms with Crippen molar-refractivity contribution in [2.45, 2.75) is 6.61 Å². The van der Waals surface area contributed by atoms with E-state index in [1.54, 1.807) is 24.3 Å². The summed E-state index contributed by atoms with van der Waals surface area (Å²) in [5.41, 5.74) is 0.941. The third kappa shape index (κ3) is 4.10. The van der Waals surface area contributed by atoms with E-state index in [0.29, 0.717) is 18.8 Å². The van der Waals surface area contributed by atoms with Gasteiger partial charge in [-0.2, -0.15) is 0 Å². The summed E-state index contributed by atoms with van der Waals surface area (Å²) in [5, 5.41) is 9.04. The minimum atomic E-state index is -0.940. The van der Waals surface area contributed by atoms with Gasteiger partial charge in [-0.3, -0.25) is 0 Å². The van der Waals surface area contributed by atoms with E-state index in [1.807, 2.05) is 30.3 Å². The molecule has 4 nitrogen and oxygen atoms in total. The van der Waals surface area contributed by atoms with Crippen LogP contribution in [-0.2, 0) is 11.3 Å². The normalized spacial score (nSPS) is 10.2. The van der Waals surface area contributed by atoms with E-state index in [9.17, 15) is 4.79 Å². The average Bonchev–Trinajstić information content (AvgIpc) is 2.48. The van der Waals surface area contributed by atoms with Gasteiger partial charge >= 0.3 is 5.97 Å². The maximum atomic E-state index is 11.0. The van der Waals surface area contributed by atoms with Crippen molar-refractivity contribution in [3.05, 3.63) is 65.7 Å². The largest absolute Gasteiger partial charge is 0.491 e. The van der Waals surface area contributed by atoms with E-state index in [4.69, 9.17) is 14.6 Å². The van der Waals surface area contributed by atoms with Crippen LogP contribution in [-0.4, -0.2) is 24.3 Å². The van der Waals surface area contributed by atoms with Gasteiger partial charge in [-0.05, 0) is 23.8 Å². The molecule has 0 heterocycles. The number of hydrogen-bond acceptors (Lipinski definition) is 3. The molecule has 0 bridgehead atoms. The van der Waals surface area contributed by atoms with Crippen LogP contribution in [0.25, 0.3) is 0 Å². The Labute approximate surface area is 117 Å². The molecule has 0 fully saturated rings. The quantitative estimate of drug-likeness (QED) is 0.787. The molecule has 0 aromatic heterocycles. The number of benzene rings is 2. The van der Waals surface area contributed by atoms with Crippen molar-refractivity contribution in [2.75, 3.05) is 13.2 Å². The van der Waals surface area contributed by atoms with Crippen LogP contribution in [0.15, 0.2) is 54.6 Å². The number of aromatic carboxylic acids is 1. The van der Waals surface area contributed by atoms with Gasteiger partial charge in [-0.25, -0.2) is 4.79 Å². The fraction of sp³-hybridized carbons (Fsp3) is 0.188.